The van der Waals surface area contributed by atoms with Gasteiger partial charge in [0.1, 0.15) is 5.75 Å². The van der Waals surface area contributed by atoms with Crippen LogP contribution in [0.25, 0.3) is 0 Å². The molecule has 0 bridgehead atoms. The third kappa shape index (κ3) is 7.52. The second kappa shape index (κ2) is 12.0. The van der Waals surface area contributed by atoms with E-state index in [1.165, 1.54) is 0 Å². The lowest BCUT2D eigenvalue weighted by atomic mass is 10.2. The van der Waals surface area contributed by atoms with Gasteiger partial charge in [-0.25, -0.2) is 4.99 Å². The highest BCUT2D eigenvalue weighted by atomic mass is 127. The van der Waals surface area contributed by atoms with Crippen molar-refractivity contribution in [3.05, 3.63) is 47.2 Å². The first-order valence-electron chi connectivity index (χ1n) is 8.05. The lowest BCUT2D eigenvalue weighted by Crippen LogP contribution is -2.38. The van der Waals surface area contributed by atoms with Crippen molar-refractivity contribution in [2.45, 2.75) is 26.4 Å². The van der Waals surface area contributed by atoms with Gasteiger partial charge in [-0.3, -0.25) is 4.68 Å². The molecular weight excluding hydrogens is 453 g/mol. The Kier molecular flexibility index (Phi) is 10.3. The molecule has 0 saturated carbocycles. The number of ether oxygens (including phenoxy) is 1. The second-order valence-corrected chi connectivity index (χ2v) is 5.64. The smallest absolute Gasteiger partial charge is 0.191 e. The summed E-state index contributed by atoms with van der Waals surface area (Å²) in [7, 11) is 1.64. The maximum absolute atomic E-state index is 5.99. The summed E-state index contributed by atoms with van der Waals surface area (Å²) in [5.41, 5.74) is 0.996. The molecule has 6 nitrogen and oxygen atoms in total. The summed E-state index contributed by atoms with van der Waals surface area (Å²) in [6, 6.07) is 7.51. The molecule has 0 amide bonds. The number of methoxy groups -OCH3 is 1. The number of aromatic nitrogens is 2. The zero-order valence-electron chi connectivity index (χ0n) is 14.5. The van der Waals surface area contributed by atoms with Gasteiger partial charge in [0.25, 0.3) is 0 Å². The standard InChI is InChI=1S/C17H24ClN5O.HI/c1-3-19-17(20-8-4-10-23-11-5-9-22-23)21-13-14-6-7-15(18)12-16(14)24-2;/h5-7,9,11-12H,3-4,8,10,13H2,1-2H3,(H2,19,20,21);1H. The average molecular weight is 478 g/mol. The number of aryl methyl sites for hydroxylation is 1. The Hall–Kier alpha value is -1.48. The number of benzene rings is 1. The Balaban J connectivity index is 0.00000312. The fourth-order valence-electron chi connectivity index (χ4n) is 2.24. The molecule has 0 unspecified atom stereocenters. The van der Waals surface area contributed by atoms with E-state index in [9.17, 15) is 0 Å². The van der Waals surface area contributed by atoms with Crippen LogP contribution < -0.4 is 15.4 Å². The Labute approximate surface area is 171 Å². The van der Waals surface area contributed by atoms with E-state index >= 15 is 0 Å². The molecule has 25 heavy (non-hydrogen) atoms. The molecule has 1 aromatic carbocycles. The van der Waals surface area contributed by atoms with E-state index in [1.54, 1.807) is 19.4 Å². The maximum Gasteiger partial charge on any atom is 0.191 e. The molecule has 1 heterocycles. The van der Waals surface area contributed by atoms with Crippen LogP contribution in [0.15, 0.2) is 41.7 Å². The van der Waals surface area contributed by atoms with Crippen molar-refractivity contribution in [1.29, 1.82) is 0 Å². The summed E-state index contributed by atoms with van der Waals surface area (Å²) >= 11 is 5.99. The van der Waals surface area contributed by atoms with Crippen LogP contribution in [0.2, 0.25) is 5.02 Å². The van der Waals surface area contributed by atoms with Crippen LogP contribution in [0.1, 0.15) is 18.9 Å². The molecule has 1 aromatic heterocycles. The van der Waals surface area contributed by atoms with Crippen LogP contribution in [0, 0.1) is 0 Å². The Morgan fingerprint density at radius 3 is 2.88 bits per heavy atom. The van der Waals surface area contributed by atoms with Crippen LogP contribution in [-0.2, 0) is 13.1 Å². The van der Waals surface area contributed by atoms with Crippen LogP contribution in [0.3, 0.4) is 0 Å². The molecule has 0 aliphatic heterocycles. The first kappa shape index (κ1) is 21.6. The van der Waals surface area contributed by atoms with E-state index in [4.69, 9.17) is 16.3 Å². The third-order valence-corrected chi connectivity index (χ3v) is 3.65. The largest absolute Gasteiger partial charge is 0.496 e. The predicted octanol–water partition coefficient (Wildman–Crippen LogP) is 3.31. The van der Waals surface area contributed by atoms with Crippen LogP contribution >= 0.6 is 35.6 Å². The summed E-state index contributed by atoms with van der Waals surface area (Å²) in [6.07, 6.45) is 4.72. The van der Waals surface area contributed by atoms with Crippen LogP contribution in [0.4, 0.5) is 0 Å². The van der Waals surface area contributed by atoms with Crippen LogP contribution in [0.5, 0.6) is 5.75 Å². The third-order valence-electron chi connectivity index (χ3n) is 3.42. The number of aliphatic imine (C=N–C) groups is 1. The molecule has 0 aliphatic carbocycles. The Bertz CT molecular complexity index is 648. The molecule has 2 aromatic rings. The van der Waals surface area contributed by atoms with Gasteiger partial charge >= 0.3 is 0 Å². The fraction of sp³-hybridized carbons (Fsp3) is 0.412. The number of guanidine groups is 1. The minimum Gasteiger partial charge on any atom is -0.496 e. The van der Waals surface area contributed by atoms with E-state index in [2.05, 4.69) is 20.7 Å². The summed E-state index contributed by atoms with van der Waals surface area (Å²) < 4.78 is 7.28. The number of hydrogen-bond acceptors (Lipinski definition) is 3. The maximum atomic E-state index is 5.99. The zero-order valence-corrected chi connectivity index (χ0v) is 17.6. The van der Waals surface area contributed by atoms with Gasteiger partial charge < -0.3 is 15.4 Å². The van der Waals surface area contributed by atoms with Crippen LogP contribution in [-0.4, -0.2) is 35.9 Å². The lowest BCUT2D eigenvalue weighted by Gasteiger charge is -2.12. The SMILES string of the molecule is CCNC(=NCc1ccc(Cl)cc1OC)NCCCn1cccn1.I. The number of nitrogens with one attached hydrogen (secondary N) is 2. The average Bonchev–Trinajstić information content (AvgIpc) is 3.10. The molecule has 0 aliphatic rings. The minimum absolute atomic E-state index is 0. The molecule has 0 fully saturated rings. The van der Waals surface area contributed by atoms with Gasteiger partial charge in [0, 0.05) is 42.6 Å². The van der Waals surface area contributed by atoms with Gasteiger partial charge in [0.15, 0.2) is 5.96 Å². The fourth-order valence-corrected chi connectivity index (χ4v) is 2.40. The topological polar surface area (TPSA) is 63.5 Å². The van der Waals surface area contributed by atoms with Crippen molar-refractivity contribution >= 4 is 41.5 Å². The van der Waals surface area contributed by atoms with Gasteiger partial charge in [-0.1, -0.05) is 17.7 Å². The quantitative estimate of drug-likeness (QED) is 0.265. The van der Waals surface area contributed by atoms with Gasteiger partial charge in [0.05, 0.1) is 13.7 Å². The summed E-state index contributed by atoms with van der Waals surface area (Å²) in [5.74, 6) is 1.54. The molecule has 0 spiro atoms. The molecule has 2 rings (SSSR count). The highest BCUT2D eigenvalue weighted by Gasteiger charge is 2.04. The normalized spacial score (nSPS) is 10.9. The Morgan fingerprint density at radius 1 is 1.36 bits per heavy atom. The molecule has 0 saturated heterocycles. The highest BCUT2D eigenvalue weighted by Crippen LogP contribution is 2.23. The van der Waals surface area contributed by atoms with Gasteiger partial charge in [-0.2, -0.15) is 5.10 Å². The van der Waals surface area contributed by atoms with E-state index < -0.39 is 0 Å². The van der Waals surface area contributed by atoms with Gasteiger partial charge in [-0.15, -0.1) is 24.0 Å². The van der Waals surface area contributed by atoms with Crippen molar-refractivity contribution in [2.75, 3.05) is 20.2 Å². The number of halogens is 2. The summed E-state index contributed by atoms with van der Waals surface area (Å²) in [4.78, 5) is 4.61. The molecule has 0 atom stereocenters. The van der Waals surface area contributed by atoms with E-state index in [1.807, 2.05) is 36.0 Å². The molecule has 0 radical (unpaired) electrons. The number of nitrogens with zero attached hydrogens (tertiary/aromatic N) is 3. The number of rotatable bonds is 8. The first-order valence-corrected chi connectivity index (χ1v) is 8.42. The zero-order chi connectivity index (χ0) is 17.2. The molecule has 138 valence electrons. The monoisotopic (exact) mass is 477 g/mol. The number of hydrogen-bond donors (Lipinski definition) is 2. The van der Waals surface area contributed by atoms with E-state index in [0.29, 0.717) is 11.6 Å². The highest BCUT2D eigenvalue weighted by molar-refractivity contribution is 14.0. The van der Waals surface area contributed by atoms with E-state index in [-0.39, 0.29) is 24.0 Å². The summed E-state index contributed by atoms with van der Waals surface area (Å²) in [5, 5.41) is 11.4. The molecule has 8 heteroatoms. The van der Waals surface area contributed by atoms with Crippen molar-refractivity contribution in [2.24, 2.45) is 4.99 Å². The molecule has 2 N–H and O–H groups in total. The van der Waals surface area contributed by atoms with Crippen molar-refractivity contribution in [1.82, 2.24) is 20.4 Å². The predicted molar refractivity (Wildman–Crippen MR) is 113 cm³/mol. The van der Waals surface area contributed by atoms with Gasteiger partial charge in [-0.05, 0) is 31.5 Å². The lowest BCUT2D eigenvalue weighted by molar-refractivity contribution is 0.410. The summed E-state index contributed by atoms with van der Waals surface area (Å²) in [6.45, 7) is 5.08. The Morgan fingerprint density at radius 2 is 2.20 bits per heavy atom. The van der Waals surface area contributed by atoms with Crippen molar-refractivity contribution < 1.29 is 4.74 Å². The minimum atomic E-state index is 0. The van der Waals surface area contributed by atoms with Gasteiger partial charge in [0.2, 0.25) is 0 Å². The van der Waals surface area contributed by atoms with E-state index in [0.717, 1.165) is 43.3 Å². The first-order chi connectivity index (χ1) is 11.7. The van der Waals surface area contributed by atoms with Crippen molar-refractivity contribution in [3.8, 4) is 5.75 Å². The van der Waals surface area contributed by atoms with Crippen molar-refractivity contribution in [3.63, 3.8) is 0 Å². The second-order valence-electron chi connectivity index (χ2n) is 5.20. The molecular formula is C17H25ClIN5O.